The second-order valence-electron chi connectivity index (χ2n) is 7.71. The molecule has 2 fully saturated rings. The van der Waals surface area contributed by atoms with E-state index in [0.717, 1.165) is 17.9 Å². The number of benzene rings is 1. The molecular weight excluding hydrogens is 396 g/mol. The lowest BCUT2D eigenvalue weighted by molar-refractivity contribution is -0.149. The van der Waals surface area contributed by atoms with Gasteiger partial charge in [-0.1, -0.05) is 36.2 Å². The highest BCUT2D eigenvalue weighted by Gasteiger charge is 2.40. The quantitative estimate of drug-likeness (QED) is 0.665. The van der Waals surface area contributed by atoms with Gasteiger partial charge in [-0.05, 0) is 48.6 Å². The number of fused-ring (bicyclic) bond motifs is 2. The van der Waals surface area contributed by atoms with Crippen LogP contribution in [-0.2, 0) is 20.9 Å². The number of aromatic nitrogens is 1. The first-order valence-corrected chi connectivity index (χ1v) is 10.9. The van der Waals surface area contributed by atoms with E-state index < -0.39 is 5.91 Å². The molecule has 2 aliphatic carbocycles. The average Bonchev–Trinajstić information content (AvgIpc) is 3.40. The third-order valence-electron chi connectivity index (χ3n) is 5.85. The molecule has 28 heavy (non-hydrogen) atoms. The van der Waals surface area contributed by atoms with Crippen LogP contribution in [0.5, 0.6) is 0 Å². The highest BCUT2D eigenvalue weighted by molar-refractivity contribution is 7.07. The number of esters is 1. The van der Waals surface area contributed by atoms with Crippen molar-refractivity contribution in [3.63, 3.8) is 0 Å². The number of carbonyl (C=O) groups is 2. The van der Waals surface area contributed by atoms with E-state index in [1.165, 1.54) is 30.6 Å². The van der Waals surface area contributed by atoms with Crippen LogP contribution in [0.15, 0.2) is 40.8 Å². The lowest BCUT2D eigenvalue weighted by atomic mass is 9.86. The minimum atomic E-state index is -0.448. The minimum absolute atomic E-state index is 0.281. The standard InChI is InChI=1S/C21H23ClN2O3S/c22-18-4-2-1-3-16(18)12-24-7-8-28-21(24)23-19(25)13-27-20(26)11-17-10-14-5-6-15(17)9-14/h1-4,7-8,14-15,17H,5-6,9-13H2/t14-,15-,17+/m1/s1. The molecule has 2 aliphatic rings. The molecule has 0 N–H and O–H groups in total. The second-order valence-corrected chi connectivity index (χ2v) is 8.99. The Morgan fingerprint density at radius 3 is 2.86 bits per heavy atom. The van der Waals surface area contributed by atoms with Gasteiger partial charge in [0.1, 0.15) is 0 Å². The summed E-state index contributed by atoms with van der Waals surface area (Å²) in [6.45, 7) is 0.225. The number of hydrogen-bond acceptors (Lipinski definition) is 4. The number of amides is 1. The summed E-state index contributed by atoms with van der Waals surface area (Å²) in [5, 5.41) is 2.54. The molecule has 2 bridgehead atoms. The van der Waals surface area contributed by atoms with E-state index in [2.05, 4.69) is 4.99 Å². The van der Waals surface area contributed by atoms with Crippen molar-refractivity contribution in [2.45, 2.75) is 38.6 Å². The summed E-state index contributed by atoms with van der Waals surface area (Å²) >= 11 is 7.58. The zero-order chi connectivity index (χ0) is 19.5. The number of ether oxygens (including phenoxy) is 1. The maximum absolute atomic E-state index is 12.2. The molecule has 0 aliphatic heterocycles. The van der Waals surface area contributed by atoms with Gasteiger partial charge in [0.15, 0.2) is 11.4 Å². The van der Waals surface area contributed by atoms with Gasteiger partial charge in [-0.25, -0.2) is 0 Å². The number of rotatable bonds is 6. The maximum Gasteiger partial charge on any atom is 0.306 e. The molecule has 0 saturated heterocycles. The Balaban J connectivity index is 1.32. The predicted octanol–water partition coefficient (Wildman–Crippen LogP) is 4.05. The van der Waals surface area contributed by atoms with Gasteiger partial charge in [-0.2, -0.15) is 4.99 Å². The molecule has 1 aromatic heterocycles. The molecule has 0 spiro atoms. The highest BCUT2D eigenvalue weighted by Crippen LogP contribution is 2.49. The van der Waals surface area contributed by atoms with Gasteiger partial charge in [0, 0.05) is 23.0 Å². The Hall–Kier alpha value is -1.92. The van der Waals surface area contributed by atoms with Gasteiger partial charge in [0.05, 0.1) is 6.54 Å². The molecule has 0 unspecified atom stereocenters. The van der Waals surface area contributed by atoms with Crippen LogP contribution in [0, 0.1) is 17.8 Å². The number of nitrogens with zero attached hydrogens (tertiary/aromatic N) is 2. The molecule has 3 atom stereocenters. The number of hydrogen-bond donors (Lipinski definition) is 0. The van der Waals surface area contributed by atoms with E-state index in [1.54, 1.807) is 0 Å². The first kappa shape index (κ1) is 19.4. The smallest absolute Gasteiger partial charge is 0.306 e. The largest absolute Gasteiger partial charge is 0.455 e. The number of thiazole rings is 1. The second kappa shape index (κ2) is 8.62. The predicted molar refractivity (Wildman–Crippen MR) is 108 cm³/mol. The monoisotopic (exact) mass is 418 g/mol. The third-order valence-corrected chi connectivity index (χ3v) is 7.01. The van der Waals surface area contributed by atoms with Crippen LogP contribution >= 0.6 is 22.9 Å². The van der Waals surface area contributed by atoms with Gasteiger partial charge < -0.3 is 9.30 Å². The summed E-state index contributed by atoms with van der Waals surface area (Å²) in [6.07, 6.45) is 7.23. The van der Waals surface area contributed by atoms with E-state index in [0.29, 0.717) is 34.6 Å². The van der Waals surface area contributed by atoms with E-state index in [9.17, 15) is 9.59 Å². The van der Waals surface area contributed by atoms with Crippen molar-refractivity contribution >= 4 is 34.8 Å². The molecule has 5 nitrogen and oxygen atoms in total. The lowest BCUT2D eigenvalue weighted by Crippen LogP contribution is -2.21. The Bertz CT molecular complexity index is 935. The Morgan fingerprint density at radius 2 is 2.11 bits per heavy atom. The summed E-state index contributed by atoms with van der Waals surface area (Å²) < 4.78 is 7.05. The fourth-order valence-electron chi connectivity index (χ4n) is 4.50. The highest BCUT2D eigenvalue weighted by atomic mass is 35.5. The molecule has 1 heterocycles. The molecule has 2 aromatic rings. The summed E-state index contributed by atoms with van der Waals surface area (Å²) in [7, 11) is 0. The average molecular weight is 419 g/mol. The summed E-state index contributed by atoms with van der Waals surface area (Å²) in [6, 6.07) is 7.58. The summed E-state index contributed by atoms with van der Waals surface area (Å²) in [5.74, 6) is 1.18. The van der Waals surface area contributed by atoms with E-state index >= 15 is 0 Å². The van der Waals surface area contributed by atoms with Gasteiger partial charge in [0.25, 0.3) is 5.91 Å². The van der Waals surface area contributed by atoms with Crippen molar-refractivity contribution in [1.29, 1.82) is 0 Å². The van der Waals surface area contributed by atoms with Crippen LogP contribution in [0.3, 0.4) is 0 Å². The summed E-state index contributed by atoms with van der Waals surface area (Å²) in [5.41, 5.74) is 0.953. The van der Waals surface area contributed by atoms with Crippen molar-refractivity contribution in [1.82, 2.24) is 4.57 Å². The van der Waals surface area contributed by atoms with Crippen molar-refractivity contribution in [3.05, 3.63) is 51.2 Å². The van der Waals surface area contributed by atoms with Crippen LogP contribution in [0.1, 0.15) is 37.7 Å². The van der Waals surface area contributed by atoms with Crippen LogP contribution < -0.4 is 4.80 Å². The topological polar surface area (TPSA) is 60.7 Å². The fourth-order valence-corrected chi connectivity index (χ4v) is 5.44. The lowest BCUT2D eigenvalue weighted by Gasteiger charge is -2.20. The third kappa shape index (κ3) is 4.55. The van der Waals surface area contributed by atoms with Crippen LogP contribution in [0.25, 0.3) is 0 Å². The van der Waals surface area contributed by atoms with Crippen LogP contribution in [0.4, 0.5) is 0 Å². The van der Waals surface area contributed by atoms with Gasteiger partial charge in [0.2, 0.25) is 0 Å². The van der Waals surface area contributed by atoms with Gasteiger partial charge in [-0.15, -0.1) is 11.3 Å². The number of carbonyl (C=O) groups excluding carboxylic acids is 2. The molecule has 0 radical (unpaired) electrons. The zero-order valence-corrected chi connectivity index (χ0v) is 17.1. The SMILES string of the molecule is O=C(COC(=O)C[C@@H]1C[C@@H]2CC[C@@H]1C2)N=c1sccn1Cc1ccccc1Cl. The van der Waals surface area contributed by atoms with Crippen molar-refractivity contribution in [3.8, 4) is 0 Å². The van der Waals surface area contributed by atoms with Crippen LogP contribution in [-0.4, -0.2) is 23.1 Å². The Kier molecular flexibility index (Phi) is 5.97. The molecule has 7 heteroatoms. The number of halogens is 1. The summed E-state index contributed by atoms with van der Waals surface area (Å²) in [4.78, 5) is 28.9. The molecule has 4 rings (SSSR count). The first-order valence-electron chi connectivity index (χ1n) is 9.69. The molecule has 148 valence electrons. The van der Waals surface area contributed by atoms with Gasteiger partial charge >= 0.3 is 5.97 Å². The molecule has 1 amide bonds. The van der Waals surface area contributed by atoms with Crippen LogP contribution in [0.2, 0.25) is 5.02 Å². The van der Waals surface area contributed by atoms with E-state index in [1.807, 2.05) is 40.4 Å². The molecule has 1 aromatic carbocycles. The normalized spacial score (nSPS) is 23.9. The van der Waals surface area contributed by atoms with Crippen molar-refractivity contribution in [2.75, 3.05) is 6.61 Å². The minimum Gasteiger partial charge on any atom is -0.455 e. The Morgan fingerprint density at radius 1 is 1.25 bits per heavy atom. The molecule has 2 saturated carbocycles. The van der Waals surface area contributed by atoms with Crippen molar-refractivity contribution < 1.29 is 14.3 Å². The first-order chi connectivity index (χ1) is 13.6. The maximum atomic E-state index is 12.2. The van der Waals surface area contributed by atoms with E-state index in [4.69, 9.17) is 16.3 Å². The fraction of sp³-hybridized carbons (Fsp3) is 0.476. The zero-order valence-electron chi connectivity index (χ0n) is 15.6. The van der Waals surface area contributed by atoms with E-state index in [-0.39, 0.29) is 12.6 Å². The van der Waals surface area contributed by atoms with Crippen molar-refractivity contribution in [2.24, 2.45) is 22.7 Å². The Labute approximate surface area is 173 Å². The molecular formula is C21H23ClN2O3S. The van der Waals surface area contributed by atoms with Gasteiger partial charge in [-0.3, -0.25) is 9.59 Å².